The van der Waals surface area contributed by atoms with Crippen LogP contribution in [0.25, 0.3) is 10.9 Å². The second-order valence-corrected chi connectivity index (χ2v) is 9.98. The van der Waals surface area contributed by atoms with Gasteiger partial charge in [0, 0.05) is 66.7 Å². The highest BCUT2D eigenvalue weighted by Crippen LogP contribution is 2.34. The zero-order chi connectivity index (χ0) is 28.3. The Kier molecular flexibility index (Phi) is 7.83. The summed E-state index contributed by atoms with van der Waals surface area (Å²) in [7, 11) is 2.00. The first-order valence-electron chi connectivity index (χ1n) is 12.9. The lowest BCUT2D eigenvalue weighted by Crippen LogP contribution is -2.44. The van der Waals surface area contributed by atoms with E-state index in [4.69, 9.17) is 0 Å². The second-order valence-electron chi connectivity index (χ2n) is 9.98. The maximum atomic E-state index is 14.0. The molecule has 1 aromatic heterocycles. The van der Waals surface area contributed by atoms with Gasteiger partial charge in [-0.25, -0.2) is 9.97 Å². The van der Waals surface area contributed by atoms with E-state index in [9.17, 15) is 18.0 Å². The van der Waals surface area contributed by atoms with Crippen molar-refractivity contribution < 1.29 is 18.0 Å². The number of aryl methyl sites for hydroxylation is 1. The van der Waals surface area contributed by atoms with E-state index in [1.54, 1.807) is 24.4 Å². The normalized spacial score (nSPS) is 14.5. The predicted octanol–water partition coefficient (Wildman–Crippen LogP) is 5.36. The summed E-state index contributed by atoms with van der Waals surface area (Å²) in [5.41, 5.74) is 2.91. The highest BCUT2D eigenvalue weighted by atomic mass is 19.4. The molecule has 1 aliphatic rings. The summed E-state index contributed by atoms with van der Waals surface area (Å²) in [5, 5.41) is 3.53. The highest BCUT2D eigenvalue weighted by molar-refractivity contribution is 6.04. The molecule has 1 amide bonds. The van der Waals surface area contributed by atoms with E-state index in [1.165, 1.54) is 18.5 Å². The first kappa shape index (κ1) is 27.3. The maximum Gasteiger partial charge on any atom is 0.416 e. The molecule has 1 saturated heterocycles. The number of fused-ring (bicyclic) bond motifs is 1. The zero-order valence-corrected chi connectivity index (χ0v) is 22.2. The van der Waals surface area contributed by atoms with Gasteiger partial charge in [-0.05, 0) is 61.5 Å². The topological polar surface area (TPSA) is 61.4 Å². The Bertz CT molecular complexity index is 1620. The lowest BCUT2D eigenvalue weighted by atomic mass is 10.0. The number of benzene rings is 3. The molecule has 0 radical (unpaired) electrons. The quantitative estimate of drug-likeness (QED) is 0.352. The summed E-state index contributed by atoms with van der Waals surface area (Å²) in [4.78, 5) is 25.4. The molecule has 3 aromatic carbocycles. The Morgan fingerprint density at radius 1 is 1.00 bits per heavy atom. The number of likely N-dealkylation sites (N-methyl/N-ethyl adjacent to an activating group) is 1. The van der Waals surface area contributed by atoms with E-state index in [1.807, 2.05) is 37.1 Å². The number of amides is 1. The first-order valence-corrected chi connectivity index (χ1v) is 12.9. The average molecular weight is 544 g/mol. The summed E-state index contributed by atoms with van der Waals surface area (Å²) in [5.74, 6) is 5.69. The van der Waals surface area contributed by atoms with Crippen molar-refractivity contribution in [2.75, 3.05) is 38.5 Å². The number of nitrogens with one attached hydrogen (secondary N) is 1. The summed E-state index contributed by atoms with van der Waals surface area (Å²) < 4.78 is 41.9. The van der Waals surface area contributed by atoms with Gasteiger partial charge >= 0.3 is 6.18 Å². The third-order valence-corrected chi connectivity index (χ3v) is 7.01. The van der Waals surface area contributed by atoms with Gasteiger partial charge in [0.1, 0.15) is 6.33 Å². The molecule has 5 rings (SSSR count). The van der Waals surface area contributed by atoms with Crippen LogP contribution in [0.3, 0.4) is 0 Å². The maximum absolute atomic E-state index is 14.0. The molecule has 40 heavy (non-hydrogen) atoms. The van der Waals surface area contributed by atoms with Crippen molar-refractivity contribution in [3.8, 4) is 11.8 Å². The summed E-state index contributed by atoms with van der Waals surface area (Å²) in [6, 6.07) is 14.7. The predicted molar refractivity (Wildman–Crippen MR) is 149 cm³/mol. The number of piperazine rings is 1. The fourth-order valence-corrected chi connectivity index (χ4v) is 4.60. The lowest BCUT2D eigenvalue weighted by Gasteiger charge is -2.33. The van der Waals surface area contributed by atoms with Gasteiger partial charge in [0.05, 0.1) is 11.1 Å². The smallest absolute Gasteiger partial charge is 0.322 e. The first-order chi connectivity index (χ1) is 19.2. The van der Waals surface area contributed by atoms with Crippen LogP contribution in [0.1, 0.15) is 38.2 Å². The van der Waals surface area contributed by atoms with Crippen LogP contribution in [-0.2, 0) is 12.7 Å². The molecule has 0 aliphatic carbocycles. The molecule has 0 bridgehead atoms. The number of anilines is 1. The van der Waals surface area contributed by atoms with Gasteiger partial charge in [0.15, 0.2) is 0 Å². The van der Waals surface area contributed by atoms with Crippen molar-refractivity contribution >= 4 is 22.5 Å². The molecule has 0 unspecified atom stereocenters. The molecule has 0 spiro atoms. The van der Waals surface area contributed by atoms with Crippen LogP contribution in [-0.4, -0.2) is 58.9 Å². The van der Waals surface area contributed by atoms with E-state index in [2.05, 4.69) is 32.0 Å². The van der Waals surface area contributed by atoms with E-state index in [0.717, 1.165) is 41.2 Å². The van der Waals surface area contributed by atoms with Crippen molar-refractivity contribution in [1.82, 2.24) is 19.8 Å². The molecule has 6 nitrogen and oxygen atoms in total. The number of alkyl halides is 3. The van der Waals surface area contributed by atoms with Crippen molar-refractivity contribution in [3.63, 3.8) is 0 Å². The molecular weight excluding hydrogens is 515 g/mol. The third kappa shape index (κ3) is 6.47. The minimum atomic E-state index is -4.54. The molecular formula is C31H28F3N5O. The molecule has 1 aliphatic heterocycles. The largest absolute Gasteiger partial charge is 0.416 e. The van der Waals surface area contributed by atoms with E-state index in [0.29, 0.717) is 24.2 Å². The Morgan fingerprint density at radius 2 is 1.80 bits per heavy atom. The zero-order valence-electron chi connectivity index (χ0n) is 22.2. The van der Waals surface area contributed by atoms with E-state index < -0.39 is 17.6 Å². The van der Waals surface area contributed by atoms with Crippen LogP contribution in [0.15, 0.2) is 67.1 Å². The SMILES string of the molecule is Cc1ccc(C(=O)Nc2ccc(CN3CCN(C)CC3)c(C(F)(F)F)c2)cc1C#Cc1ccc2cncnc2c1. The molecule has 1 fully saturated rings. The van der Waals surface area contributed by atoms with E-state index >= 15 is 0 Å². The van der Waals surface area contributed by atoms with Crippen LogP contribution in [0, 0.1) is 18.8 Å². The van der Waals surface area contributed by atoms with Gasteiger partial charge in [-0.3, -0.25) is 9.69 Å². The fourth-order valence-electron chi connectivity index (χ4n) is 4.60. The van der Waals surface area contributed by atoms with Crippen molar-refractivity contribution in [2.24, 2.45) is 0 Å². The van der Waals surface area contributed by atoms with Gasteiger partial charge in [0.25, 0.3) is 5.91 Å². The Balaban J connectivity index is 1.34. The van der Waals surface area contributed by atoms with Gasteiger partial charge in [-0.2, -0.15) is 13.2 Å². The minimum absolute atomic E-state index is 0.0887. The number of carbonyl (C=O) groups excluding carboxylic acids is 1. The molecule has 0 atom stereocenters. The monoisotopic (exact) mass is 543 g/mol. The molecule has 4 aromatic rings. The number of nitrogens with zero attached hydrogens (tertiary/aromatic N) is 4. The minimum Gasteiger partial charge on any atom is -0.322 e. The second kappa shape index (κ2) is 11.5. The number of halogens is 3. The molecule has 1 N–H and O–H groups in total. The Morgan fingerprint density at radius 3 is 2.58 bits per heavy atom. The number of hydrogen-bond acceptors (Lipinski definition) is 5. The number of carbonyl (C=O) groups is 1. The molecule has 9 heteroatoms. The lowest BCUT2D eigenvalue weighted by molar-refractivity contribution is -0.138. The summed E-state index contributed by atoms with van der Waals surface area (Å²) in [6.45, 7) is 5.14. The summed E-state index contributed by atoms with van der Waals surface area (Å²) in [6.07, 6.45) is -1.33. The van der Waals surface area contributed by atoms with Crippen LogP contribution >= 0.6 is 0 Å². The van der Waals surface area contributed by atoms with Crippen LogP contribution in [0.5, 0.6) is 0 Å². The number of aromatic nitrogens is 2. The average Bonchev–Trinajstić information content (AvgIpc) is 2.94. The van der Waals surface area contributed by atoms with Crippen LogP contribution < -0.4 is 5.32 Å². The van der Waals surface area contributed by atoms with Crippen molar-refractivity contribution in [3.05, 3.63) is 101 Å². The molecule has 204 valence electrons. The number of rotatable bonds is 4. The Labute approximate surface area is 230 Å². The Hall–Kier alpha value is -4.26. The van der Waals surface area contributed by atoms with Gasteiger partial charge in [-0.1, -0.05) is 30.0 Å². The molecule has 0 saturated carbocycles. The van der Waals surface area contributed by atoms with Crippen molar-refractivity contribution in [2.45, 2.75) is 19.6 Å². The van der Waals surface area contributed by atoms with Gasteiger partial charge < -0.3 is 10.2 Å². The standard InChI is InChI=1S/C31H28F3N5O/c1-21-3-6-24(16-23(21)7-4-22-5-8-25-18-35-20-36-29(25)15-22)30(40)37-27-10-9-26(28(17-27)31(32,33)34)19-39-13-11-38(2)12-14-39/h3,5-6,8-10,15-18,20H,11-14,19H2,1-2H3,(H,37,40). The number of hydrogen-bond donors (Lipinski definition) is 1. The third-order valence-electron chi connectivity index (χ3n) is 7.01. The highest BCUT2D eigenvalue weighted by Gasteiger charge is 2.34. The van der Waals surface area contributed by atoms with Gasteiger partial charge in [0.2, 0.25) is 0 Å². The van der Waals surface area contributed by atoms with E-state index in [-0.39, 0.29) is 17.8 Å². The summed E-state index contributed by atoms with van der Waals surface area (Å²) >= 11 is 0. The van der Waals surface area contributed by atoms with Crippen LogP contribution in [0.2, 0.25) is 0 Å². The van der Waals surface area contributed by atoms with Gasteiger partial charge in [-0.15, -0.1) is 0 Å². The fraction of sp³-hybridized carbons (Fsp3) is 0.258. The van der Waals surface area contributed by atoms with Crippen LogP contribution in [0.4, 0.5) is 18.9 Å². The van der Waals surface area contributed by atoms with Crippen molar-refractivity contribution in [1.29, 1.82) is 0 Å². The molecule has 2 heterocycles.